The number of nitrogens with zero attached hydrogens (tertiary/aromatic N) is 1. The van der Waals surface area contributed by atoms with Gasteiger partial charge in [-0.05, 0) is 45.8 Å². The largest absolute Gasteiger partial charge is 0.378 e. The van der Waals surface area contributed by atoms with Crippen molar-refractivity contribution in [3.63, 3.8) is 0 Å². The summed E-state index contributed by atoms with van der Waals surface area (Å²) in [5.41, 5.74) is 4.68. The van der Waals surface area contributed by atoms with Crippen molar-refractivity contribution in [1.29, 1.82) is 0 Å². The molecule has 0 aliphatic heterocycles. The van der Waals surface area contributed by atoms with Crippen molar-refractivity contribution in [2.24, 2.45) is 0 Å². The fourth-order valence-electron chi connectivity index (χ4n) is 1.91. The smallest absolute Gasteiger partial charge is 0.106 e. The number of rotatable bonds is 3. The van der Waals surface area contributed by atoms with Gasteiger partial charge in [-0.25, -0.2) is 4.98 Å². The maximum Gasteiger partial charge on any atom is 0.106 e. The Hall–Kier alpha value is -0.810. The number of hydrogen-bond donors (Lipinski definition) is 1. The topological polar surface area (TPSA) is 24.9 Å². The highest BCUT2D eigenvalue weighted by molar-refractivity contribution is 9.10. The molecule has 1 aromatic heterocycles. The standard InChI is InChI=1S/C14H9BrCl2N2S/c15-9-2-1-8(5-11(9)17)6-18-13-10(16)3-4-12-14(13)19-7-20-12/h1-5,7,18H,6H2. The zero-order valence-electron chi connectivity index (χ0n) is 10.2. The molecule has 0 aliphatic carbocycles. The molecule has 6 heteroatoms. The molecule has 102 valence electrons. The van der Waals surface area contributed by atoms with Crippen LogP contribution < -0.4 is 5.32 Å². The van der Waals surface area contributed by atoms with E-state index in [4.69, 9.17) is 23.2 Å². The van der Waals surface area contributed by atoms with Gasteiger partial charge in [0.15, 0.2) is 0 Å². The first-order valence-electron chi connectivity index (χ1n) is 5.84. The fraction of sp³-hybridized carbons (Fsp3) is 0.0714. The lowest BCUT2D eigenvalue weighted by molar-refractivity contribution is 1.15. The molecule has 0 aliphatic rings. The van der Waals surface area contributed by atoms with Crippen molar-refractivity contribution in [3.05, 3.63) is 55.9 Å². The molecule has 0 amide bonds. The van der Waals surface area contributed by atoms with Gasteiger partial charge in [0.1, 0.15) is 5.52 Å². The molecule has 0 unspecified atom stereocenters. The summed E-state index contributed by atoms with van der Waals surface area (Å²) in [5, 5.41) is 4.71. The van der Waals surface area contributed by atoms with Crippen LogP contribution in [-0.2, 0) is 6.54 Å². The maximum atomic E-state index is 6.25. The van der Waals surface area contributed by atoms with E-state index in [-0.39, 0.29) is 0 Å². The molecule has 0 atom stereocenters. The van der Waals surface area contributed by atoms with Crippen molar-refractivity contribution in [2.45, 2.75) is 6.54 Å². The number of fused-ring (bicyclic) bond motifs is 1. The lowest BCUT2D eigenvalue weighted by atomic mass is 10.2. The molecule has 1 heterocycles. The molecule has 1 N–H and O–H groups in total. The number of hydrogen-bond acceptors (Lipinski definition) is 3. The highest BCUT2D eigenvalue weighted by Gasteiger charge is 2.08. The summed E-state index contributed by atoms with van der Waals surface area (Å²) in [6.45, 7) is 0.642. The first-order valence-corrected chi connectivity index (χ1v) is 8.27. The highest BCUT2D eigenvalue weighted by atomic mass is 79.9. The third-order valence-electron chi connectivity index (χ3n) is 2.90. The van der Waals surface area contributed by atoms with Crippen LogP contribution in [0, 0.1) is 0 Å². The van der Waals surface area contributed by atoms with Crippen LogP contribution in [0.1, 0.15) is 5.56 Å². The Balaban J connectivity index is 1.88. The number of thiazole rings is 1. The molecule has 0 saturated carbocycles. The molecular formula is C14H9BrCl2N2S. The summed E-state index contributed by atoms with van der Waals surface area (Å²) in [4.78, 5) is 4.36. The van der Waals surface area contributed by atoms with E-state index in [1.807, 2.05) is 35.8 Å². The van der Waals surface area contributed by atoms with Gasteiger partial charge in [0.25, 0.3) is 0 Å². The zero-order chi connectivity index (χ0) is 14.1. The number of nitrogens with one attached hydrogen (secondary N) is 1. The highest BCUT2D eigenvalue weighted by Crippen LogP contribution is 2.33. The van der Waals surface area contributed by atoms with E-state index >= 15 is 0 Å². The van der Waals surface area contributed by atoms with E-state index in [2.05, 4.69) is 26.2 Å². The van der Waals surface area contributed by atoms with Gasteiger partial charge in [-0.15, -0.1) is 11.3 Å². The summed E-state index contributed by atoms with van der Waals surface area (Å²) >= 11 is 17.3. The van der Waals surface area contributed by atoms with Crippen LogP contribution in [0.15, 0.2) is 40.3 Å². The van der Waals surface area contributed by atoms with E-state index in [9.17, 15) is 0 Å². The van der Waals surface area contributed by atoms with Crippen LogP contribution in [0.2, 0.25) is 10.0 Å². The van der Waals surface area contributed by atoms with Gasteiger partial charge in [0.2, 0.25) is 0 Å². The van der Waals surface area contributed by atoms with Crippen molar-refractivity contribution in [2.75, 3.05) is 5.32 Å². The zero-order valence-corrected chi connectivity index (χ0v) is 14.1. The minimum atomic E-state index is 0.642. The molecule has 2 aromatic carbocycles. The molecule has 0 bridgehead atoms. The quantitative estimate of drug-likeness (QED) is 0.598. The predicted octanol–water partition coefficient (Wildman–Crippen LogP) is 5.98. The summed E-state index contributed by atoms with van der Waals surface area (Å²) < 4.78 is 2.01. The molecule has 3 aromatic rings. The molecule has 2 nitrogen and oxygen atoms in total. The third kappa shape index (κ3) is 2.79. The number of halogens is 3. The third-order valence-corrected chi connectivity index (χ3v) is 5.25. The van der Waals surface area contributed by atoms with Crippen LogP contribution in [0.5, 0.6) is 0 Å². The Morgan fingerprint density at radius 3 is 2.80 bits per heavy atom. The van der Waals surface area contributed by atoms with E-state index < -0.39 is 0 Å². The first-order chi connectivity index (χ1) is 9.65. The minimum Gasteiger partial charge on any atom is -0.378 e. The molecular weight excluding hydrogens is 379 g/mol. The maximum absolute atomic E-state index is 6.25. The second-order valence-corrected chi connectivity index (χ2v) is 6.78. The Bertz CT molecular complexity index is 773. The summed E-state index contributed by atoms with van der Waals surface area (Å²) in [6, 6.07) is 9.74. The number of benzene rings is 2. The lowest BCUT2D eigenvalue weighted by Crippen LogP contribution is -2.00. The van der Waals surface area contributed by atoms with Crippen molar-refractivity contribution in [3.8, 4) is 0 Å². The molecule has 3 rings (SSSR count). The Morgan fingerprint density at radius 1 is 1.15 bits per heavy atom. The summed E-state index contributed by atoms with van der Waals surface area (Å²) in [7, 11) is 0. The van der Waals surface area contributed by atoms with Crippen molar-refractivity contribution < 1.29 is 0 Å². The Labute approximate surface area is 138 Å². The molecule has 0 fully saturated rings. The monoisotopic (exact) mass is 386 g/mol. The van der Waals surface area contributed by atoms with E-state index in [0.29, 0.717) is 16.6 Å². The fourth-order valence-corrected chi connectivity index (χ4v) is 3.27. The minimum absolute atomic E-state index is 0.642. The lowest BCUT2D eigenvalue weighted by Gasteiger charge is -2.10. The second kappa shape index (κ2) is 5.90. The van der Waals surface area contributed by atoms with Gasteiger partial charge in [-0.3, -0.25) is 0 Å². The molecule has 20 heavy (non-hydrogen) atoms. The SMILES string of the molecule is Clc1cc(CNc2c(Cl)ccc3scnc23)ccc1Br. The summed E-state index contributed by atoms with van der Waals surface area (Å²) in [6.07, 6.45) is 0. The number of anilines is 1. The Kier molecular flexibility index (Phi) is 4.17. The van der Waals surface area contributed by atoms with Crippen LogP contribution >= 0.6 is 50.5 Å². The van der Waals surface area contributed by atoms with E-state index in [0.717, 1.165) is 25.9 Å². The predicted molar refractivity (Wildman–Crippen MR) is 91.1 cm³/mol. The average molecular weight is 388 g/mol. The van der Waals surface area contributed by atoms with Gasteiger partial charge in [-0.2, -0.15) is 0 Å². The van der Waals surface area contributed by atoms with Gasteiger partial charge in [0, 0.05) is 11.0 Å². The first kappa shape index (κ1) is 14.1. The van der Waals surface area contributed by atoms with Crippen molar-refractivity contribution in [1.82, 2.24) is 4.98 Å². The van der Waals surface area contributed by atoms with E-state index in [1.54, 1.807) is 11.3 Å². The van der Waals surface area contributed by atoms with Crippen molar-refractivity contribution >= 4 is 66.4 Å². The average Bonchev–Trinajstić information content (AvgIpc) is 2.90. The normalized spacial score (nSPS) is 10.9. The second-order valence-electron chi connectivity index (χ2n) is 4.22. The van der Waals surface area contributed by atoms with Crippen LogP contribution in [0.4, 0.5) is 5.69 Å². The molecule has 0 spiro atoms. The Morgan fingerprint density at radius 2 is 2.00 bits per heavy atom. The van der Waals surface area contributed by atoms with Crippen LogP contribution in [0.3, 0.4) is 0 Å². The van der Waals surface area contributed by atoms with Gasteiger partial charge < -0.3 is 5.32 Å². The number of aromatic nitrogens is 1. The van der Waals surface area contributed by atoms with Gasteiger partial charge in [-0.1, -0.05) is 29.3 Å². The van der Waals surface area contributed by atoms with Gasteiger partial charge in [0.05, 0.1) is 25.9 Å². The molecule has 0 radical (unpaired) electrons. The van der Waals surface area contributed by atoms with Crippen LogP contribution in [0.25, 0.3) is 10.2 Å². The van der Waals surface area contributed by atoms with Gasteiger partial charge >= 0.3 is 0 Å². The van der Waals surface area contributed by atoms with E-state index in [1.165, 1.54) is 0 Å². The van der Waals surface area contributed by atoms with Crippen LogP contribution in [-0.4, -0.2) is 4.98 Å². The molecule has 0 saturated heterocycles. The summed E-state index contributed by atoms with van der Waals surface area (Å²) in [5.74, 6) is 0.